The van der Waals surface area contributed by atoms with Crippen molar-refractivity contribution in [1.82, 2.24) is 14.9 Å². The molecule has 0 spiro atoms. The van der Waals surface area contributed by atoms with Gasteiger partial charge in [0.05, 0.1) is 23.5 Å². The number of hydrogen-bond acceptors (Lipinski definition) is 4. The quantitative estimate of drug-likeness (QED) is 0.604. The summed E-state index contributed by atoms with van der Waals surface area (Å²) in [6.45, 7) is 0.556. The molecule has 2 aromatic heterocycles. The Morgan fingerprint density at radius 2 is 1.96 bits per heavy atom. The number of pyridine rings is 1. The molecule has 5 nitrogen and oxygen atoms in total. The maximum atomic E-state index is 12.7. The lowest BCUT2D eigenvalue weighted by atomic mass is 10.2. The summed E-state index contributed by atoms with van der Waals surface area (Å²) in [7, 11) is 0. The van der Waals surface area contributed by atoms with Gasteiger partial charge in [-0.05, 0) is 37.1 Å². The average molecular weight is 382 g/mol. The molecule has 1 fully saturated rings. The summed E-state index contributed by atoms with van der Waals surface area (Å²) in [5.41, 5.74) is 1.72. The molecule has 6 heteroatoms. The van der Waals surface area contributed by atoms with Crippen LogP contribution in [0.15, 0.2) is 59.3 Å². The maximum absolute atomic E-state index is 12.7. The number of hydrogen-bond donors (Lipinski definition) is 0. The lowest BCUT2D eigenvalue weighted by Gasteiger charge is -2.21. The Bertz CT molecular complexity index is 922. The minimum absolute atomic E-state index is 0.112. The van der Waals surface area contributed by atoms with Gasteiger partial charge in [-0.15, -0.1) is 0 Å². The van der Waals surface area contributed by atoms with Crippen LogP contribution in [0.25, 0.3) is 11.3 Å². The van der Waals surface area contributed by atoms with E-state index in [2.05, 4.69) is 9.97 Å². The second-order valence-electron chi connectivity index (χ2n) is 6.67. The molecule has 0 atom stereocenters. The smallest absolute Gasteiger partial charge is 0.223 e. The second-order valence-corrected chi connectivity index (χ2v) is 7.08. The highest BCUT2D eigenvalue weighted by Gasteiger charge is 2.32. The molecule has 0 N–H and O–H groups in total. The normalized spacial score (nSPS) is 13.5. The van der Waals surface area contributed by atoms with Crippen molar-refractivity contribution >= 4 is 17.5 Å². The first-order valence-corrected chi connectivity index (χ1v) is 9.47. The minimum Gasteiger partial charge on any atom is -0.441 e. The fraction of sp³-hybridized carbons (Fsp3) is 0.286. The van der Waals surface area contributed by atoms with Crippen molar-refractivity contribution in [3.05, 3.63) is 71.5 Å². The Balaban J connectivity index is 1.39. The van der Waals surface area contributed by atoms with E-state index in [1.54, 1.807) is 12.4 Å². The number of nitrogens with zero attached hydrogens (tertiary/aromatic N) is 3. The number of aromatic nitrogens is 2. The number of amides is 1. The number of oxazole rings is 1. The van der Waals surface area contributed by atoms with Crippen LogP contribution in [0.4, 0.5) is 0 Å². The van der Waals surface area contributed by atoms with E-state index in [4.69, 9.17) is 16.0 Å². The van der Waals surface area contributed by atoms with E-state index >= 15 is 0 Å². The highest BCUT2D eigenvalue weighted by atomic mass is 35.5. The molecule has 1 aliphatic rings. The van der Waals surface area contributed by atoms with Crippen LogP contribution >= 0.6 is 11.6 Å². The van der Waals surface area contributed by atoms with Gasteiger partial charge in [-0.2, -0.15) is 0 Å². The van der Waals surface area contributed by atoms with Crippen LogP contribution in [0.3, 0.4) is 0 Å². The number of benzene rings is 1. The lowest BCUT2D eigenvalue weighted by molar-refractivity contribution is -0.132. The summed E-state index contributed by atoms with van der Waals surface area (Å²) in [6, 6.07) is 13.6. The summed E-state index contributed by atoms with van der Waals surface area (Å²) < 4.78 is 5.80. The Morgan fingerprint density at radius 3 is 2.70 bits per heavy atom. The molecule has 0 aliphatic heterocycles. The molecule has 1 amide bonds. The van der Waals surface area contributed by atoms with Gasteiger partial charge in [0.15, 0.2) is 11.7 Å². The van der Waals surface area contributed by atoms with Gasteiger partial charge in [-0.3, -0.25) is 9.78 Å². The van der Waals surface area contributed by atoms with Gasteiger partial charge in [-0.25, -0.2) is 4.98 Å². The van der Waals surface area contributed by atoms with Gasteiger partial charge in [0.1, 0.15) is 0 Å². The average Bonchev–Trinajstić information content (AvgIpc) is 3.43. The Labute approximate surface area is 163 Å². The molecule has 3 aromatic rings. The highest BCUT2D eigenvalue weighted by Crippen LogP contribution is 2.30. The van der Waals surface area contributed by atoms with E-state index in [9.17, 15) is 4.79 Å². The first-order chi connectivity index (χ1) is 13.2. The van der Waals surface area contributed by atoms with E-state index in [-0.39, 0.29) is 5.91 Å². The van der Waals surface area contributed by atoms with Crippen molar-refractivity contribution in [2.75, 3.05) is 0 Å². The summed E-state index contributed by atoms with van der Waals surface area (Å²) in [6.07, 6.45) is 6.38. The third-order valence-electron chi connectivity index (χ3n) is 4.61. The minimum atomic E-state index is 0.112. The zero-order chi connectivity index (χ0) is 18.6. The molecule has 0 bridgehead atoms. The van der Waals surface area contributed by atoms with Crippen LogP contribution < -0.4 is 0 Å². The lowest BCUT2D eigenvalue weighted by Crippen LogP contribution is -2.33. The zero-order valence-electron chi connectivity index (χ0n) is 14.8. The predicted octanol–water partition coefficient (Wildman–Crippen LogP) is 4.51. The molecule has 0 unspecified atom stereocenters. The standard InChI is InChI=1S/C21H20ClN3O2/c22-18-7-2-1-6-17(18)19-13-24-20(27-19)10-11-21(26)25(16-8-9-16)14-15-5-3-4-12-23-15/h1-7,12-13,16H,8-11,14H2. The molecule has 0 radical (unpaired) electrons. The first-order valence-electron chi connectivity index (χ1n) is 9.09. The summed E-state index contributed by atoms with van der Waals surface area (Å²) in [5, 5.41) is 0.617. The monoisotopic (exact) mass is 381 g/mol. The molecular formula is C21H20ClN3O2. The van der Waals surface area contributed by atoms with Crippen molar-refractivity contribution in [3.63, 3.8) is 0 Å². The van der Waals surface area contributed by atoms with Gasteiger partial charge >= 0.3 is 0 Å². The molecule has 1 aliphatic carbocycles. The van der Waals surface area contributed by atoms with Crippen molar-refractivity contribution in [2.45, 2.75) is 38.3 Å². The topological polar surface area (TPSA) is 59.2 Å². The molecule has 138 valence electrons. The van der Waals surface area contributed by atoms with Gasteiger partial charge in [0, 0.05) is 30.6 Å². The summed E-state index contributed by atoms with van der Waals surface area (Å²) in [4.78, 5) is 23.3. The molecular weight excluding hydrogens is 362 g/mol. The molecule has 1 saturated carbocycles. The Morgan fingerprint density at radius 1 is 1.15 bits per heavy atom. The van der Waals surface area contributed by atoms with Crippen molar-refractivity contribution in [2.24, 2.45) is 0 Å². The maximum Gasteiger partial charge on any atom is 0.223 e. The van der Waals surface area contributed by atoms with E-state index in [0.29, 0.717) is 42.1 Å². The van der Waals surface area contributed by atoms with Crippen molar-refractivity contribution in [3.8, 4) is 11.3 Å². The SMILES string of the molecule is O=C(CCc1ncc(-c2ccccc2Cl)o1)N(Cc1ccccn1)C1CC1. The highest BCUT2D eigenvalue weighted by molar-refractivity contribution is 6.33. The Kier molecular flexibility index (Phi) is 5.21. The number of aryl methyl sites for hydroxylation is 1. The number of carbonyl (C=O) groups excluding carboxylic acids is 1. The largest absolute Gasteiger partial charge is 0.441 e. The number of halogens is 1. The fourth-order valence-electron chi connectivity index (χ4n) is 3.04. The van der Waals surface area contributed by atoms with Crippen LogP contribution in [-0.4, -0.2) is 26.8 Å². The van der Waals surface area contributed by atoms with Crippen LogP contribution in [-0.2, 0) is 17.8 Å². The molecule has 4 rings (SSSR count). The molecule has 2 heterocycles. The summed E-state index contributed by atoms with van der Waals surface area (Å²) in [5.74, 6) is 1.28. The Hall–Kier alpha value is -2.66. The van der Waals surface area contributed by atoms with Crippen molar-refractivity contribution in [1.29, 1.82) is 0 Å². The van der Waals surface area contributed by atoms with E-state index in [0.717, 1.165) is 24.1 Å². The zero-order valence-corrected chi connectivity index (χ0v) is 15.6. The van der Waals surface area contributed by atoms with Gasteiger partial charge in [0.25, 0.3) is 0 Å². The van der Waals surface area contributed by atoms with Crippen LogP contribution in [0.1, 0.15) is 30.8 Å². The first kappa shape index (κ1) is 17.7. The summed E-state index contributed by atoms with van der Waals surface area (Å²) >= 11 is 6.20. The predicted molar refractivity (Wildman–Crippen MR) is 103 cm³/mol. The van der Waals surface area contributed by atoms with E-state index < -0.39 is 0 Å². The van der Waals surface area contributed by atoms with E-state index in [1.807, 2.05) is 47.4 Å². The second kappa shape index (κ2) is 7.92. The fourth-order valence-corrected chi connectivity index (χ4v) is 3.27. The van der Waals surface area contributed by atoms with Crippen LogP contribution in [0, 0.1) is 0 Å². The molecule has 1 aromatic carbocycles. The van der Waals surface area contributed by atoms with Gasteiger partial charge in [-0.1, -0.05) is 29.8 Å². The molecule has 0 saturated heterocycles. The van der Waals surface area contributed by atoms with Gasteiger partial charge in [0.2, 0.25) is 5.91 Å². The van der Waals surface area contributed by atoms with Crippen LogP contribution in [0.5, 0.6) is 0 Å². The third-order valence-corrected chi connectivity index (χ3v) is 4.94. The van der Waals surface area contributed by atoms with Gasteiger partial charge < -0.3 is 9.32 Å². The number of rotatable bonds is 7. The number of carbonyl (C=O) groups is 1. The third kappa shape index (κ3) is 4.37. The molecule has 27 heavy (non-hydrogen) atoms. The van der Waals surface area contributed by atoms with Crippen LogP contribution in [0.2, 0.25) is 5.02 Å². The van der Waals surface area contributed by atoms with E-state index in [1.165, 1.54) is 0 Å². The van der Waals surface area contributed by atoms with Crippen molar-refractivity contribution < 1.29 is 9.21 Å².